The Morgan fingerprint density at radius 3 is 2.68 bits per heavy atom. The normalized spacial score (nSPS) is 20.9. The van der Waals surface area contributed by atoms with Gasteiger partial charge in [-0.1, -0.05) is 11.6 Å². The van der Waals surface area contributed by atoms with Crippen molar-refractivity contribution in [2.75, 3.05) is 6.54 Å². The molecular formula is C13H17ClN2O2S. The Morgan fingerprint density at radius 1 is 1.42 bits per heavy atom. The molecule has 0 aliphatic carbocycles. The molecule has 1 atom stereocenters. The van der Waals surface area contributed by atoms with Crippen LogP contribution in [0.2, 0.25) is 4.34 Å². The van der Waals surface area contributed by atoms with Gasteiger partial charge in [0.2, 0.25) is 11.8 Å². The summed E-state index contributed by atoms with van der Waals surface area (Å²) in [5.41, 5.74) is -0.858. The lowest BCUT2D eigenvalue weighted by atomic mass is 10.0. The quantitative estimate of drug-likeness (QED) is 0.912. The van der Waals surface area contributed by atoms with E-state index in [2.05, 4.69) is 5.32 Å². The summed E-state index contributed by atoms with van der Waals surface area (Å²) in [6, 6.07) is 3.68. The molecule has 6 heteroatoms. The number of amides is 2. The Balaban J connectivity index is 2.27. The van der Waals surface area contributed by atoms with Crippen LogP contribution in [0.4, 0.5) is 0 Å². The van der Waals surface area contributed by atoms with E-state index in [-0.39, 0.29) is 17.9 Å². The van der Waals surface area contributed by atoms with Gasteiger partial charge in [0.1, 0.15) is 5.54 Å². The second kappa shape index (κ2) is 5.13. The number of nitrogens with zero attached hydrogens (tertiary/aromatic N) is 1. The average molecular weight is 301 g/mol. The summed E-state index contributed by atoms with van der Waals surface area (Å²) in [5.74, 6) is -0.146. The number of halogens is 1. The molecule has 104 valence electrons. The van der Waals surface area contributed by atoms with E-state index in [1.54, 1.807) is 18.7 Å². The maximum absolute atomic E-state index is 12.5. The fourth-order valence-corrected chi connectivity index (χ4v) is 3.35. The third-order valence-electron chi connectivity index (χ3n) is 3.30. The van der Waals surface area contributed by atoms with E-state index in [4.69, 9.17) is 11.6 Å². The van der Waals surface area contributed by atoms with Gasteiger partial charge in [-0.05, 0) is 32.9 Å². The van der Waals surface area contributed by atoms with Gasteiger partial charge in [-0.15, -0.1) is 11.3 Å². The number of rotatable bonds is 2. The molecule has 1 aliphatic rings. The Bertz CT molecular complexity index is 512. The van der Waals surface area contributed by atoms with Crippen molar-refractivity contribution in [2.45, 2.75) is 38.8 Å². The third-order valence-corrected chi connectivity index (χ3v) is 4.70. The van der Waals surface area contributed by atoms with E-state index >= 15 is 0 Å². The van der Waals surface area contributed by atoms with Crippen LogP contribution in [-0.4, -0.2) is 28.8 Å². The van der Waals surface area contributed by atoms with Crippen molar-refractivity contribution < 1.29 is 9.59 Å². The molecule has 1 aromatic rings. The maximum Gasteiger partial charge on any atom is 0.248 e. The largest absolute Gasteiger partial charge is 0.342 e. The van der Waals surface area contributed by atoms with Crippen molar-refractivity contribution in [1.29, 1.82) is 0 Å². The van der Waals surface area contributed by atoms with Crippen LogP contribution in [0.25, 0.3) is 0 Å². The Morgan fingerprint density at radius 2 is 2.11 bits per heavy atom. The van der Waals surface area contributed by atoms with E-state index in [1.807, 2.05) is 19.1 Å². The summed E-state index contributed by atoms with van der Waals surface area (Å²) in [5, 5.41) is 2.76. The van der Waals surface area contributed by atoms with Gasteiger partial charge >= 0.3 is 0 Å². The van der Waals surface area contributed by atoms with E-state index in [1.165, 1.54) is 11.3 Å². The van der Waals surface area contributed by atoms with E-state index in [0.717, 1.165) is 4.88 Å². The van der Waals surface area contributed by atoms with Gasteiger partial charge in [0.15, 0.2) is 0 Å². The minimum absolute atomic E-state index is 0.0598. The van der Waals surface area contributed by atoms with Crippen molar-refractivity contribution in [3.8, 4) is 0 Å². The van der Waals surface area contributed by atoms with Crippen LogP contribution >= 0.6 is 22.9 Å². The summed E-state index contributed by atoms with van der Waals surface area (Å²) in [7, 11) is 0. The van der Waals surface area contributed by atoms with Gasteiger partial charge in [0.25, 0.3) is 0 Å². The van der Waals surface area contributed by atoms with Crippen LogP contribution in [-0.2, 0) is 9.59 Å². The highest BCUT2D eigenvalue weighted by molar-refractivity contribution is 7.16. The highest BCUT2D eigenvalue weighted by Gasteiger charge is 2.38. The molecule has 0 bridgehead atoms. The van der Waals surface area contributed by atoms with Gasteiger partial charge in [0, 0.05) is 17.8 Å². The summed E-state index contributed by atoms with van der Waals surface area (Å²) >= 11 is 7.41. The first-order chi connectivity index (χ1) is 8.81. The summed E-state index contributed by atoms with van der Waals surface area (Å²) in [6.07, 6.45) is 0.332. The van der Waals surface area contributed by atoms with Crippen molar-refractivity contribution in [3.63, 3.8) is 0 Å². The molecule has 0 aromatic carbocycles. The van der Waals surface area contributed by atoms with Gasteiger partial charge in [-0.2, -0.15) is 0 Å². The number of hydrogen-bond acceptors (Lipinski definition) is 3. The SMILES string of the molecule is CC(c1ccc(Cl)s1)N1CCC(=O)NC(C)(C)C1=O. The number of thiophene rings is 1. The fraction of sp³-hybridized carbons (Fsp3) is 0.538. The molecule has 4 nitrogen and oxygen atoms in total. The number of hydrogen-bond donors (Lipinski definition) is 1. The highest BCUT2D eigenvalue weighted by Crippen LogP contribution is 2.32. The van der Waals surface area contributed by atoms with Crippen LogP contribution < -0.4 is 5.32 Å². The zero-order valence-electron chi connectivity index (χ0n) is 11.2. The number of nitrogens with one attached hydrogen (secondary N) is 1. The Hall–Kier alpha value is -1.07. The molecule has 0 radical (unpaired) electrons. The topological polar surface area (TPSA) is 49.4 Å². The first kappa shape index (κ1) is 14.3. The lowest BCUT2D eigenvalue weighted by Gasteiger charge is -2.32. The molecule has 1 N–H and O–H groups in total. The Labute approximate surface area is 121 Å². The first-order valence-electron chi connectivity index (χ1n) is 6.18. The predicted octanol–water partition coefficient (Wildman–Crippen LogP) is 2.59. The maximum atomic E-state index is 12.5. The molecule has 0 spiro atoms. The van der Waals surface area contributed by atoms with E-state index < -0.39 is 5.54 Å². The fourth-order valence-electron chi connectivity index (χ4n) is 2.22. The number of carbonyl (C=O) groups is 2. The molecule has 1 aromatic heterocycles. The standard InChI is InChI=1S/C13H17ClN2O2S/c1-8(9-4-5-10(14)19-9)16-7-6-11(17)15-13(2,3)12(16)18/h4-5,8H,6-7H2,1-3H3,(H,15,17). The van der Waals surface area contributed by atoms with Gasteiger partial charge in [-0.3, -0.25) is 9.59 Å². The van der Waals surface area contributed by atoms with Gasteiger partial charge in [0.05, 0.1) is 10.4 Å². The lowest BCUT2D eigenvalue weighted by molar-refractivity contribution is -0.139. The van der Waals surface area contributed by atoms with Crippen molar-refractivity contribution in [3.05, 3.63) is 21.3 Å². The van der Waals surface area contributed by atoms with Crippen LogP contribution in [0, 0.1) is 0 Å². The molecule has 0 saturated carbocycles. The van der Waals surface area contributed by atoms with E-state index in [9.17, 15) is 9.59 Å². The second-order valence-corrected chi connectivity index (χ2v) is 6.99. The predicted molar refractivity (Wildman–Crippen MR) is 76.3 cm³/mol. The highest BCUT2D eigenvalue weighted by atomic mass is 35.5. The zero-order valence-corrected chi connectivity index (χ0v) is 12.8. The van der Waals surface area contributed by atoms with Crippen molar-refractivity contribution >= 4 is 34.8 Å². The molecule has 19 heavy (non-hydrogen) atoms. The number of carbonyl (C=O) groups excluding carboxylic acids is 2. The van der Waals surface area contributed by atoms with Crippen molar-refractivity contribution in [2.24, 2.45) is 0 Å². The summed E-state index contributed by atoms with van der Waals surface area (Å²) < 4.78 is 0.706. The monoisotopic (exact) mass is 300 g/mol. The zero-order chi connectivity index (χ0) is 14.2. The van der Waals surface area contributed by atoms with Gasteiger partial charge in [-0.25, -0.2) is 0 Å². The van der Waals surface area contributed by atoms with Gasteiger partial charge < -0.3 is 10.2 Å². The third kappa shape index (κ3) is 2.92. The molecular weight excluding hydrogens is 284 g/mol. The summed E-state index contributed by atoms with van der Waals surface area (Å²) in [4.78, 5) is 26.9. The smallest absolute Gasteiger partial charge is 0.248 e. The molecule has 1 fully saturated rings. The minimum atomic E-state index is -0.858. The Kier molecular flexibility index (Phi) is 3.87. The average Bonchev–Trinajstić information content (AvgIpc) is 2.70. The van der Waals surface area contributed by atoms with Crippen LogP contribution in [0.5, 0.6) is 0 Å². The van der Waals surface area contributed by atoms with Crippen LogP contribution in [0.1, 0.15) is 38.1 Å². The first-order valence-corrected chi connectivity index (χ1v) is 7.38. The minimum Gasteiger partial charge on any atom is -0.342 e. The molecule has 1 saturated heterocycles. The molecule has 2 heterocycles. The summed E-state index contributed by atoms with van der Waals surface area (Å²) in [6.45, 7) is 5.87. The molecule has 1 unspecified atom stereocenters. The molecule has 2 amide bonds. The molecule has 1 aliphatic heterocycles. The van der Waals surface area contributed by atoms with Crippen molar-refractivity contribution in [1.82, 2.24) is 10.2 Å². The molecule has 2 rings (SSSR count). The van der Waals surface area contributed by atoms with E-state index in [0.29, 0.717) is 17.3 Å². The van der Waals surface area contributed by atoms with Crippen LogP contribution in [0.3, 0.4) is 0 Å². The lowest BCUT2D eigenvalue weighted by Crippen LogP contribution is -2.53. The second-order valence-electron chi connectivity index (χ2n) is 5.24. The van der Waals surface area contributed by atoms with Crippen LogP contribution in [0.15, 0.2) is 12.1 Å².